The average molecular weight is 469 g/mol. The van der Waals surface area contributed by atoms with E-state index in [0.29, 0.717) is 12.5 Å². The van der Waals surface area contributed by atoms with Gasteiger partial charge in [0.15, 0.2) is 0 Å². The van der Waals surface area contributed by atoms with E-state index in [4.69, 9.17) is 4.74 Å². The summed E-state index contributed by atoms with van der Waals surface area (Å²) in [4.78, 5) is 2.54. The molecule has 0 aromatic heterocycles. The van der Waals surface area contributed by atoms with Crippen LogP contribution in [0.2, 0.25) is 0 Å². The Balaban J connectivity index is 1.25. The molecule has 178 valence electrons. The number of benzene rings is 2. The van der Waals surface area contributed by atoms with E-state index >= 15 is 0 Å². The predicted octanol–water partition coefficient (Wildman–Crippen LogP) is 4.45. The number of nitrogens with one attached hydrogen (secondary N) is 1. The van der Waals surface area contributed by atoms with Crippen LogP contribution in [0.1, 0.15) is 62.0 Å². The van der Waals surface area contributed by atoms with E-state index in [1.165, 1.54) is 17.4 Å². The van der Waals surface area contributed by atoms with Crippen LogP contribution in [0.4, 0.5) is 0 Å². The van der Waals surface area contributed by atoms with Gasteiger partial charge in [-0.05, 0) is 62.0 Å². The molecule has 2 atom stereocenters. The number of hydrogen-bond acceptors (Lipinski definition) is 4. The lowest BCUT2D eigenvalue weighted by atomic mass is 9.83. The van der Waals surface area contributed by atoms with Gasteiger partial charge in [0.1, 0.15) is 0 Å². The first-order valence-electron chi connectivity index (χ1n) is 12.4. The quantitative estimate of drug-likeness (QED) is 0.622. The molecule has 1 aliphatic heterocycles. The number of ether oxygens (including phenoxy) is 1. The standard InChI is InChI=1S/C27H36N2O3S/c1-33(30,31)28-25-18-27(16-17-27)29(19-21-8-4-2-5-9-21)26(25)20-32-24-14-12-23(13-15-24)22-10-6-3-7-11-22/h2-11,23-26,28H,12-20H2,1H3. The molecule has 2 saturated carbocycles. The monoisotopic (exact) mass is 468 g/mol. The molecule has 5 nitrogen and oxygen atoms in total. The molecule has 1 N–H and O–H groups in total. The summed E-state index contributed by atoms with van der Waals surface area (Å²) in [5.74, 6) is 0.626. The second-order valence-corrected chi connectivity index (χ2v) is 12.1. The van der Waals surface area contributed by atoms with Crippen LogP contribution in [-0.2, 0) is 21.3 Å². The summed E-state index contributed by atoms with van der Waals surface area (Å²) in [6, 6.07) is 21.3. The van der Waals surface area contributed by atoms with Gasteiger partial charge < -0.3 is 4.74 Å². The second kappa shape index (κ2) is 9.49. The lowest BCUT2D eigenvalue weighted by Crippen LogP contribution is -2.48. The van der Waals surface area contributed by atoms with Crippen molar-refractivity contribution in [1.29, 1.82) is 0 Å². The Morgan fingerprint density at radius 2 is 1.61 bits per heavy atom. The Labute approximate surface area is 198 Å². The minimum Gasteiger partial charge on any atom is -0.377 e. The van der Waals surface area contributed by atoms with Crippen LogP contribution in [0, 0.1) is 0 Å². The summed E-state index contributed by atoms with van der Waals surface area (Å²) in [5.41, 5.74) is 2.84. The molecule has 6 heteroatoms. The number of sulfonamides is 1. The Kier molecular flexibility index (Phi) is 6.62. The Hall–Kier alpha value is -1.73. The smallest absolute Gasteiger partial charge is 0.209 e. The van der Waals surface area contributed by atoms with Crippen LogP contribution in [-0.4, -0.2) is 49.9 Å². The fraction of sp³-hybridized carbons (Fsp3) is 0.556. The summed E-state index contributed by atoms with van der Waals surface area (Å²) < 4.78 is 33.7. The van der Waals surface area contributed by atoms with Gasteiger partial charge in [-0.25, -0.2) is 13.1 Å². The molecule has 3 fully saturated rings. The van der Waals surface area contributed by atoms with Crippen molar-refractivity contribution in [3.05, 3.63) is 71.8 Å². The van der Waals surface area contributed by atoms with Crippen LogP contribution in [0.25, 0.3) is 0 Å². The Morgan fingerprint density at radius 1 is 0.970 bits per heavy atom. The molecule has 2 aromatic carbocycles. The summed E-state index contributed by atoms with van der Waals surface area (Å²) in [5, 5.41) is 0. The van der Waals surface area contributed by atoms with Gasteiger partial charge in [0.05, 0.1) is 25.0 Å². The molecule has 0 amide bonds. The molecule has 2 aromatic rings. The Morgan fingerprint density at radius 3 is 2.21 bits per heavy atom. The molecule has 3 aliphatic rings. The molecule has 1 saturated heterocycles. The van der Waals surface area contributed by atoms with Crippen molar-refractivity contribution >= 4 is 10.0 Å². The van der Waals surface area contributed by atoms with Gasteiger partial charge in [-0.3, -0.25) is 4.90 Å². The number of rotatable bonds is 8. The fourth-order valence-electron chi connectivity index (χ4n) is 6.06. The zero-order valence-electron chi connectivity index (χ0n) is 19.5. The van der Waals surface area contributed by atoms with Crippen molar-refractivity contribution in [2.45, 2.75) is 81.1 Å². The highest BCUT2D eigenvalue weighted by atomic mass is 32.2. The molecule has 33 heavy (non-hydrogen) atoms. The second-order valence-electron chi connectivity index (χ2n) is 10.3. The van der Waals surface area contributed by atoms with E-state index in [1.54, 1.807) is 0 Å². The molecule has 0 radical (unpaired) electrons. The topological polar surface area (TPSA) is 58.6 Å². The Bertz CT molecular complexity index is 1020. The maximum atomic E-state index is 12.1. The third-order valence-electron chi connectivity index (χ3n) is 7.91. The van der Waals surface area contributed by atoms with Crippen molar-refractivity contribution in [3.8, 4) is 0 Å². The van der Waals surface area contributed by atoms with Gasteiger partial charge in [0.25, 0.3) is 0 Å². The number of hydrogen-bond donors (Lipinski definition) is 1. The molecular weight excluding hydrogens is 432 g/mol. The van der Waals surface area contributed by atoms with E-state index in [2.05, 4.69) is 64.2 Å². The molecule has 1 heterocycles. The molecule has 2 aliphatic carbocycles. The highest BCUT2D eigenvalue weighted by Crippen LogP contribution is 2.52. The van der Waals surface area contributed by atoms with E-state index in [1.807, 2.05) is 6.07 Å². The van der Waals surface area contributed by atoms with Crippen molar-refractivity contribution < 1.29 is 13.2 Å². The predicted molar refractivity (Wildman–Crippen MR) is 132 cm³/mol. The van der Waals surface area contributed by atoms with Gasteiger partial charge in [-0.15, -0.1) is 0 Å². The molecular formula is C27H36N2O3S. The van der Waals surface area contributed by atoms with E-state index in [-0.39, 0.29) is 23.7 Å². The van der Waals surface area contributed by atoms with Crippen LogP contribution in [0.3, 0.4) is 0 Å². The van der Waals surface area contributed by atoms with Gasteiger partial charge in [-0.1, -0.05) is 60.7 Å². The lowest BCUT2D eigenvalue weighted by Gasteiger charge is -2.34. The third-order valence-corrected chi connectivity index (χ3v) is 8.64. The van der Waals surface area contributed by atoms with Crippen LogP contribution < -0.4 is 4.72 Å². The SMILES string of the molecule is CS(=O)(=O)NC1CC2(CC2)N(Cc2ccccc2)C1COC1CCC(c2ccccc2)CC1. The van der Waals surface area contributed by atoms with Crippen molar-refractivity contribution in [1.82, 2.24) is 9.62 Å². The average Bonchev–Trinajstić information content (AvgIpc) is 3.53. The van der Waals surface area contributed by atoms with Gasteiger partial charge in [0, 0.05) is 18.1 Å². The van der Waals surface area contributed by atoms with E-state index in [9.17, 15) is 8.42 Å². The van der Waals surface area contributed by atoms with Crippen molar-refractivity contribution in [3.63, 3.8) is 0 Å². The highest BCUT2D eigenvalue weighted by Gasteiger charge is 2.58. The third kappa shape index (κ3) is 5.51. The lowest BCUT2D eigenvalue weighted by molar-refractivity contribution is -0.0141. The summed E-state index contributed by atoms with van der Waals surface area (Å²) >= 11 is 0. The first kappa shape index (κ1) is 23.0. The molecule has 5 rings (SSSR count). The van der Waals surface area contributed by atoms with Crippen molar-refractivity contribution in [2.75, 3.05) is 12.9 Å². The largest absolute Gasteiger partial charge is 0.377 e. The summed E-state index contributed by atoms with van der Waals surface area (Å²) in [6.45, 7) is 1.43. The maximum absolute atomic E-state index is 12.1. The minimum absolute atomic E-state index is 0.0641. The van der Waals surface area contributed by atoms with Crippen molar-refractivity contribution in [2.24, 2.45) is 0 Å². The highest BCUT2D eigenvalue weighted by molar-refractivity contribution is 7.88. The molecule has 0 bridgehead atoms. The van der Waals surface area contributed by atoms with Crippen LogP contribution >= 0.6 is 0 Å². The normalized spacial score (nSPS) is 29.4. The summed E-state index contributed by atoms with van der Waals surface area (Å²) in [7, 11) is -3.27. The number of nitrogens with zero attached hydrogens (tertiary/aromatic N) is 1. The van der Waals surface area contributed by atoms with Gasteiger partial charge >= 0.3 is 0 Å². The van der Waals surface area contributed by atoms with E-state index in [0.717, 1.165) is 51.5 Å². The fourth-order valence-corrected chi connectivity index (χ4v) is 6.85. The van der Waals surface area contributed by atoms with Crippen LogP contribution in [0.5, 0.6) is 0 Å². The minimum atomic E-state index is -3.27. The first-order chi connectivity index (χ1) is 15.9. The maximum Gasteiger partial charge on any atom is 0.209 e. The van der Waals surface area contributed by atoms with Gasteiger partial charge in [0.2, 0.25) is 10.0 Å². The van der Waals surface area contributed by atoms with Crippen LogP contribution in [0.15, 0.2) is 60.7 Å². The summed E-state index contributed by atoms with van der Waals surface area (Å²) in [6.07, 6.45) is 9.14. The zero-order chi connectivity index (χ0) is 22.9. The van der Waals surface area contributed by atoms with E-state index < -0.39 is 10.0 Å². The first-order valence-corrected chi connectivity index (χ1v) is 14.3. The zero-order valence-corrected chi connectivity index (χ0v) is 20.3. The van der Waals surface area contributed by atoms with Gasteiger partial charge in [-0.2, -0.15) is 0 Å². The number of likely N-dealkylation sites (tertiary alicyclic amines) is 1. The molecule has 1 spiro atoms. The molecule has 2 unspecified atom stereocenters.